The Morgan fingerprint density at radius 1 is 1.43 bits per heavy atom. The SMILES string of the molecule is CC(C)n1cc([N+](=O)[O-])cc1C(=O)N1CCNC(=O)CC1. The molecule has 0 atom stereocenters. The molecule has 0 radical (unpaired) electrons. The second kappa shape index (κ2) is 5.94. The fourth-order valence-corrected chi connectivity index (χ4v) is 2.30. The van der Waals surface area contributed by atoms with Gasteiger partial charge >= 0.3 is 0 Å². The molecule has 8 nitrogen and oxygen atoms in total. The molecule has 1 saturated heterocycles. The van der Waals surface area contributed by atoms with Crippen LogP contribution in [-0.2, 0) is 4.79 Å². The Kier molecular flexibility index (Phi) is 4.25. The zero-order valence-electron chi connectivity index (χ0n) is 12.0. The second-order valence-corrected chi connectivity index (χ2v) is 5.23. The number of hydrogen-bond donors (Lipinski definition) is 1. The van der Waals surface area contributed by atoms with E-state index in [4.69, 9.17) is 0 Å². The van der Waals surface area contributed by atoms with Crippen molar-refractivity contribution >= 4 is 17.5 Å². The van der Waals surface area contributed by atoms with E-state index in [-0.39, 0.29) is 35.7 Å². The molecule has 0 saturated carbocycles. The minimum absolute atomic E-state index is 0.0654. The third-order valence-electron chi connectivity index (χ3n) is 3.42. The minimum atomic E-state index is -0.511. The summed E-state index contributed by atoms with van der Waals surface area (Å²) in [4.78, 5) is 35.8. The smallest absolute Gasteiger partial charge is 0.287 e. The highest BCUT2D eigenvalue weighted by Gasteiger charge is 2.26. The molecule has 0 aromatic carbocycles. The number of nitro groups is 1. The van der Waals surface area contributed by atoms with E-state index >= 15 is 0 Å². The highest BCUT2D eigenvalue weighted by atomic mass is 16.6. The van der Waals surface area contributed by atoms with Gasteiger partial charge < -0.3 is 14.8 Å². The number of carbonyl (C=O) groups excluding carboxylic acids is 2. The summed E-state index contributed by atoms with van der Waals surface area (Å²) in [5.41, 5.74) is 0.183. The quantitative estimate of drug-likeness (QED) is 0.662. The molecule has 0 aliphatic carbocycles. The van der Waals surface area contributed by atoms with Crippen LogP contribution in [0.2, 0.25) is 0 Å². The predicted octanol–water partition coefficient (Wildman–Crippen LogP) is 0.939. The topological polar surface area (TPSA) is 97.5 Å². The van der Waals surface area contributed by atoms with Gasteiger partial charge in [-0.15, -0.1) is 0 Å². The first-order valence-electron chi connectivity index (χ1n) is 6.82. The third-order valence-corrected chi connectivity index (χ3v) is 3.42. The number of carbonyl (C=O) groups is 2. The number of nitrogens with zero attached hydrogens (tertiary/aromatic N) is 3. The second-order valence-electron chi connectivity index (χ2n) is 5.23. The van der Waals surface area contributed by atoms with Crippen LogP contribution in [0.15, 0.2) is 12.3 Å². The Morgan fingerprint density at radius 3 is 2.76 bits per heavy atom. The minimum Gasteiger partial charge on any atom is -0.354 e. The van der Waals surface area contributed by atoms with E-state index in [9.17, 15) is 19.7 Å². The maximum absolute atomic E-state index is 12.6. The summed E-state index contributed by atoms with van der Waals surface area (Å²) in [6.45, 7) is 4.83. The Balaban J connectivity index is 2.29. The first-order chi connectivity index (χ1) is 9.90. The Labute approximate surface area is 121 Å². The lowest BCUT2D eigenvalue weighted by atomic mass is 10.3. The fourth-order valence-electron chi connectivity index (χ4n) is 2.30. The van der Waals surface area contributed by atoms with Crippen molar-refractivity contribution in [3.63, 3.8) is 0 Å². The van der Waals surface area contributed by atoms with Crippen LogP contribution in [0.3, 0.4) is 0 Å². The van der Waals surface area contributed by atoms with Gasteiger partial charge in [-0.3, -0.25) is 19.7 Å². The van der Waals surface area contributed by atoms with Crippen LogP contribution in [0.4, 0.5) is 5.69 Å². The van der Waals surface area contributed by atoms with E-state index in [1.54, 1.807) is 9.47 Å². The molecule has 2 rings (SSSR count). The van der Waals surface area contributed by atoms with Crippen molar-refractivity contribution in [1.29, 1.82) is 0 Å². The van der Waals surface area contributed by atoms with Gasteiger partial charge in [0.15, 0.2) is 0 Å². The van der Waals surface area contributed by atoms with E-state index in [2.05, 4.69) is 5.32 Å². The average Bonchev–Trinajstić information content (AvgIpc) is 2.76. The van der Waals surface area contributed by atoms with E-state index in [1.807, 2.05) is 13.8 Å². The summed E-state index contributed by atoms with van der Waals surface area (Å²) in [5, 5.41) is 13.6. The zero-order valence-corrected chi connectivity index (χ0v) is 12.0. The molecule has 1 fully saturated rings. The molecule has 2 heterocycles. The summed E-state index contributed by atoms with van der Waals surface area (Å²) < 4.78 is 1.60. The lowest BCUT2D eigenvalue weighted by molar-refractivity contribution is -0.384. The molecule has 1 aliphatic rings. The van der Waals surface area contributed by atoms with Crippen LogP contribution >= 0.6 is 0 Å². The molecule has 1 aromatic rings. The van der Waals surface area contributed by atoms with E-state index in [0.717, 1.165) is 0 Å². The van der Waals surface area contributed by atoms with Crippen LogP contribution in [0, 0.1) is 10.1 Å². The van der Waals surface area contributed by atoms with Crippen molar-refractivity contribution in [3.05, 3.63) is 28.1 Å². The number of hydrogen-bond acceptors (Lipinski definition) is 4. The van der Waals surface area contributed by atoms with Crippen molar-refractivity contribution in [2.24, 2.45) is 0 Å². The van der Waals surface area contributed by atoms with Crippen LogP contribution in [0.25, 0.3) is 0 Å². The maximum atomic E-state index is 12.6. The first kappa shape index (κ1) is 15.0. The highest BCUT2D eigenvalue weighted by Crippen LogP contribution is 2.22. The number of aromatic nitrogens is 1. The van der Waals surface area contributed by atoms with Gasteiger partial charge in [-0.1, -0.05) is 0 Å². The molecule has 1 aliphatic heterocycles. The summed E-state index contributed by atoms with van der Waals surface area (Å²) in [6, 6.07) is 1.23. The molecule has 0 bridgehead atoms. The maximum Gasteiger partial charge on any atom is 0.287 e. The van der Waals surface area contributed by atoms with Crippen LogP contribution in [0.5, 0.6) is 0 Å². The van der Waals surface area contributed by atoms with Gasteiger partial charge in [-0.2, -0.15) is 0 Å². The van der Waals surface area contributed by atoms with Crippen LogP contribution in [0.1, 0.15) is 36.8 Å². The lowest BCUT2D eigenvalue weighted by Crippen LogP contribution is -2.35. The van der Waals surface area contributed by atoms with Gasteiger partial charge in [0.1, 0.15) is 5.69 Å². The molecule has 0 unspecified atom stereocenters. The molecular formula is C13H18N4O4. The van der Waals surface area contributed by atoms with Crippen molar-refractivity contribution < 1.29 is 14.5 Å². The van der Waals surface area contributed by atoms with Crippen LogP contribution in [-0.4, -0.2) is 45.8 Å². The fraction of sp³-hybridized carbons (Fsp3) is 0.538. The van der Waals surface area contributed by atoms with E-state index in [1.165, 1.54) is 12.3 Å². The molecule has 1 aromatic heterocycles. The summed E-state index contributed by atoms with van der Waals surface area (Å²) in [7, 11) is 0. The van der Waals surface area contributed by atoms with Crippen molar-refractivity contribution in [2.45, 2.75) is 26.3 Å². The summed E-state index contributed by atoms with van der Waals surface area (Å²) >= 11 is 0. The van der Waals surface area contributed by atoms with E-state index in [0.29, 0.717) is 19.6 Å². The normalized spacial score (nSPS) is 15.8. The Morgan fingerprint density at radius 2 is 2.14 bits per heavy atom. The van der Waals surface area contributed by atoms with Gasteiger partial charge in [-0.05, 0) is 13.8 Å². The van der Waals surface area contributed by atoms with Crippen molar-refractivity contribution in [2.75, 3.05) is 19.6 Å². The molecule has 1 N–H and O–H groups in total. The van der Waals surface area contributed by atoms with Gasteiger partial charge in [0.2, 0.25) is 5.91 Å². The highest BCUT2D eigenvalue weighted by molar-refractivity contribution is 5.94. The number of amides is 2. The number of rotatable bonds is 3. The molecule has 114 valence electrons. The molecule has 8 heteroatoms. The van der Waals surface area contributed by atoms with Gasteiger partial charge in [0.25, 0.3) is 11.6 Å². The largest absolute Gasteiger partial charge is 0.354 e. The van der Waals surface area contributed by atoms with Gasteiger partial charge in [0, 0.05) is 38.2 Å². The average molecular weight is 294 g/mol. The van der Waals surface area contributed by atoms with E-state index < -0.39 is 4.92 Å². The molecule has 2 amide bonds. The molecule has 0 spiro atoms. The van der Waals surface area contributed by atoms with Crippen molar-refractivity contribution in [1.82, 2.24) is 14.8 Å². The monoisotopic (exact) mass is 294 g/mol. The predicted molar refractivity (Wildman–Crippen MR) is 75.0 cm³/mol. The van der Waals surface area contributed by atoms with Gasteiger partial charge in [-0.25, -0.2) is 0 Å². The Hall–Kier alpha value is -2.38. The van der Waals surface area contributed by atoms with Crippen molar-refractivity contribution in [3.8, 4) is 0 Å². The first-order valence-corrected chi connectivity index (χ1v) is 6.82. The summed E-state index contributed by atoms with van der Waals surface area (Å²) in [6.07, 6.45) is 1.62. The molecule has 21 heavy (non-hydrogen) atoms. The zero-order chi connectivity index (χ0) is 15.6. The number of nitrogens with one attached hydrogen (secondary N) is 1. The Bertz CT molecular complexity index is 579. The third kappa shape index (κ3) is 3.21. The van der Waals surface area contributed by atoms with Crippen LogP contribution < -0.4 is 5.32 Å². The lowest BCUT2D eigenvalue weighted by Gasteiger charge is -2.21. The van der Waals surface area contributed by atoms with Gasteiger partial charge in [0.05, 0.1) is 11.1 Å². The summed E-state index contributed by atoms with van der Waals surface area (Å²) in [5.74, 6) is -0.371. The molecular weight excluding hydrogens is 276 g/mol. The standard InChI is InChI=1S/C13H18N4O4/c1-9(2)16-8-10(17(20)21)7-11(16)13(19)15-5-3-12(18)14-4-6-15/h7-9H,3-6H2,1-2H3,(H,14,18).